The molecular weight excluding hydrogens is 400 g/mol. The van der Waals surface area contributed by atoms with Crippen LogP contribution in [0.3, 0.4) is 0 Å². The third-order valence-corrected chi connectivity index (χ3v) is 4.89. The lowest BCUT2D eigenvalue weighted by atomic mass is 10.0. The molecule has 3 heteroatoms. The van der Waals surface area contributed by atoms with Gasteiger partial charge in [0.1, 0.15) is 0 Å². The number of hydrogen-bond donors (Lipinski definition) is 0. The maximum atomic E-state index is 11.6. The molecule has 0 bridgehead atoms. The van der Waals surface area contributed by atoms with E-state index in [1.54, 1.807) is 6.92 Å². The van der Waals surface area contributed by atoms with Gasteiger partial charge < -0.3 is 0 Å². The van der Waals surface area contributed by atoms with Crippen molar-refractivity contribution in [3.05, 3.63) is 96.1 Å². The smallest absolute Gasteiger partial charge is 0.173 e. The van der Waals surface area contributed by atoms with Crippen molar-refractivity contribution in [1.82, 2.24) is 0 Å². The van der Waals surface area contributed by atoms with E-state index in [9.17, 15) is 9.59 Å². The zero-order chi connectivity index (χ0) is 19.2. The number of rotatable bonds is 3. The summed E-state index contributed by atoms with van der Waals surface area (Å²) in [7, 11) is 0. The third kappa shape index (κ3) is 4.32. The van der Waals surface area contributed by atoms with Gasteiger partial charge in [-0.05, 0) is 28.5 Å². The molecule has 0 N–H and O–H groups in total. The molecule has 0 saturated carbocycles. The number of carbonyl (C=O) groups is 2. The monoisotopic (exact) mass is 418 g/mol. The van der Waals surface area contributed by atoms with E-state index in [1.165, 1.54) is 0 Å². The van der Waals surface area contributed by atoms with Crippen LogP contribution in [0.5, 0.6) is 0 Å². The molecular formula is C24H19BrO2. The molecule has 0 spiro atoms. The maximum absolute atomic E-state index is 11.6. The predicted octanol–water partition coefficient (Wildman–Crippen LogP) is 6.46. The first-order chi connectivity index (χ1) is 13.1. The molecule has 27 heavy (non-hydrogen) atoms. The van der Waals surface area contributed by atoms with Crippen LogP contribution in [0.25, 0.3) is 21.5 Å². The summed E-state index contributed by atoms with van der Waals surface area (Å²) >= 11 is 3.19. The summed E-state index contributed by atoms with van der Waals surface area (Å²) in [6.07, 6.45) is 0. The van der Waals surface area contributed by atoms with Crippen molar-refractivity contribution in [2.75, 3.05) is 5.33 Å². The van der Waals surface area contributed by atoms with E-state index in [0.29, 0.717) is 5.33 Å². The molecule has 0 unspecified atom stereocenters. The van der Waals surface area contributed by atoms with E-state index in [1.807, 2.05) is 84.9 Å². The van der Waals surface area contributed by atoms with Crippen LogP contribution < -0.4 is 0 Å². The number of halogens is 1. The van der Waals surface area contributed by atoms with Crippen molar-refractivity contribution >= 4 is 49.0 Å². The third-order valence-electron chi connectivity index (χ3n) is 4.38. The van der Waals surface area contributed by atoms with Gasteiger partial charge in [0.2, 0.25) is 0 Å². The van der Waals surface area contributed by atoms with Crippen molar-refractivity contribution in [3.8, 4) is 0 Å². The Hall–Kier alpha value is -2.78. The summed E-state index contributed by atoms with van der Waals surface area (Å²) in [5.74, 6) is 0.249. The van der Waals surface area contributed by atoms with Gasteiger partial charge in [0.25, 0.3) is 0 Å². The van der Waals surface area contributed by atoms with Crippen molar-refractivity contribution in [1.29, 1.82) is 0 Å². The van der Waals surface area contributed by atoms with Gasteiger partial charge in [-0.15, -0.1) is 0 Å². The second-order valence-corrected chi connectivity index (χ2v) is 6.73. The molecule has 0 aromatic heterocycles. The Kier molecular flexibility index (Phi) is 6.15. The Balaban J connectivity index is 0.000000156. The van der Waals surface area contributed by atoms with E-state index in [0.717, 1.165) is 32.7 Å². The molecule has 0 aliphatic carbocycles. The molecule has 4 aromatic carbocycles. The zero-order valence-electron chi connectivity index (χ0n) is 15.0. The van der Waals surface area contributed by atoms with Gasteiger partial charge in [0, 0.05) is 11.1 Å². The van der Waals surface area contributed by atoms with Crippen LogP contribution in [0.1, 0.15) is 27.6 Å². The van der Waals surface area contributed by atoms with Crippen LogP contribution in [0.4, 0.5) is 0 Å². The molecule has 0 fully saturated rings. The Bertz CT molecular complexity index is 1100. The van der Waals surface area contributed by atoms with Crippen LogP contribution in [0.2, 0.25) is 0 Å². The maximum Gasteiger partial charge on any atom is 0.173 e. The van der Waals surface area contributed by atoms with Gasteiger partial charge in [-0.3, -0.25) is 9.59 Å². The van der Waals surface area contributed by atoms with Gasteiger partial charge in [0.15, 0.2) is 11.6 Å². The van der Waals surface area contributed by atoms with E-state index in [-0.39, 0.29) is 11.6 Å². The van der Waals surface area contributed by atoms with E-state index in [4.69, 9.17) is 0 Å². The quantitative estimate of drug-likeness (QED) is 0.282. The summed E-state index contributed by atoms with van der Waals surface area (Å²) < 4.78 is 0. The highest BCUT2D eigenvalue weighted by Crippen LogP contribution is 2.19. The lowest BCUT2D eigenvalue weighted by Gasteiger charge is -2.02. The largest absolute Gasteiger partial charge is 0.294 e. The topological polar surface area (TPSA) is 34.1 Å². The highest BCUT2D eigenvalue weighted by Gasteiger charge is 2.07. The van der Waals surface area contributed by atoms with E-state index < -0.39 is 0 Å². The lowest BCUT2D eigenvalue weighted by Crippen LogP contribution is -2.00. The minimum Gasteiger partial charge on any atom is -0.294 e. The molecule has 2 nitrogen and oxygen atoms in total. The Morgan fingerprint density at radius 3 is 1.63 bits per heavy atom. The number of Topliss-reactive ketones (excluding diaryl/α,β-unsaturated/α-hetero) is 2. The molecule has 0 radical (unpaired) electrons. The summed E-state index contributed by atoms with van der Waals surface area (Å²) in [5.41, 5.74) is 1.60. The molecule has 0 aliphatic rings. The molecule has 134 valence electrons. The van der Waals surface area contributed by atoms with E-state index in [2.05, 4.69) is 15.9 Å². The Morgan fingerprint density at radius 1 is 0.667 bits per heavy atom. The molecule has 4 aromatic rings. The molecule has 0 amide bonds. The fourth-order valence-corrected chi connectivity index (χ4v) is 3.38. The second kappa shape index (κ2) is 8.74. The lowest BCUT2D eigenvalue weighted by molar-refractivity contribution is 0.101. The first kappa shape index (κ1) is 19.0. The van der Waals surface area contributed by atoms with Crippen molar-refractivity contribution < 1.29 is 9.59 Å². The number of carbonyl (C=O) groups excluding carboxylic acids is 2. The molecule has 0 heterocycles. The van der Waals surface area contributed by atoms with Crippen LogP contribution >= 0.6 is 15.9 Å². The first-order valence-corrected chi connectivity index (χ1v) is 9.79. The van der Waals surface area contributed by atoms with Gasteiger partial charge in [0.05, 0.1) is 5.33 Å². The van der Waals surface area contributed by atoms with Crippen LogP contribution in [0.15, 0.2) is 84.9 Å². The Labute approximate surface area is 167 Å². The highest BCUT2D eigenvalue weighted by molar-refractivity contribution is 9.09. The molecule has 0 aliphatic heterocycles. The number of benzene rings is 4. The SMILES string of the molecule is CC(=O)c1cccc2ccccc12.O=C(CBr)c1cccc2ccccc12. The van der Waals surface area contributed by atoms with Crippen molar-refractivity contribution in [3.63, 3.8) is 0 Å². The van der Waals surface area contributed by atoms with Crippen molar-refractivity contribution in [2.45, 2.75) is 6.92 Å². The minimum absolute atomic E-state index is 0.122. The molecule has 0 atom stereocenters. The second-order valence-electron chi connectivity index (χ2n) is 6.17. The van der Waals surface area contributed by atoms with Gasteiger partial charge in [-0.1, -0.05) is 101 Å². The highest BCUT2D eigenvalue weighted by atomic mass is 79.9. The number of ketones is 2. The molecule has 4 rings (SSSR count). The average molecular weight is 419 g/mol. The number of fused-ring (bicyclic) bond motifs is 2. The number of hydrogen-bond acceptors (Lipinski definition) is 2. The predicted molar refractivity (Wildman–Crippen MR) is 116 cm³/mol. The normalized spacial score (nSPS) is 10.3. The summed E-state index contributed by atoms with van der Waals surface area (Å²) in [4.78, 5) is 22.8. The van der Waals surface area contributed by atoms with Crippen LogP contribution in [-0.4, -0.2) is 16.9 Å². The zero-order valence-corrected chi connectivity index (χ0v) is 16.6. The number of alkyl halides is 1. The average Bonchev–Trinajstić information content (AvgIpc) is 2.72. The minimum atomic E-state index is 0.122. The summed E-state index contributed by atoms with van der Waals surface area (Å²) in [6.45, 7) is 1.60. The van der Waals surface area contributed by atoms with Gasteiger partial charge >= 0.3 is 0 Å². The Morgan fingerprint density at radius 2 is 1.11 bits per heavy atom. The van der Waals surface area contributed by atoms with Crippen LogP contribution in [-0.2, 0) is 0 Å². The summed E-state index contributed by atoms with van der Waals surface area (Å²) in [6, 6.07) is 27.4. The fourth-order valence-electron chi connectivity index (χ4n) is 3.07. The van der Waals surface area contributed by atoms with Gasteiger partial charge in [-0.25, -0.2) is 0 Å². The van der Waals surface area contributed by atoms with Gasteiger partial charge in [-0.2, -0.15) is 0 Å². The molecule has 0 saturated heterocycles. The van der Waals surface area contributed by atoms with Crippen molar-refractivity contribution in [2.24, 2.45) is 0 Å². The van der Waals surface area contributed by atoms with E-state index >= 15 is 0 Å². The van der Waals surface area contributed by atoms with Crippen LogP contribution in [0, 0.1) is 0 Å². The first-order valence-electron chi connectivity index (χ1n) is 8.67. The summed E-state index contributed by atoms with van der Waals surface area (Å²) in [5, 5.41) is 4.67. The fraction of sp³-hybridized carbons (Fsp3) is 0.0833. The standard InChI is InChI=1S/C12H9BrO.C12H10O/c13-8-12(14)11-7-3-5-9-4-1-2-6-10(9)11;1-9(13)11-8-4-6-10-5-2-3-7-12(10)11/h1-7H,8H2;2-8H,1H3.